The molecule has 1 N–H and O–H groups in total. The van der Waals surface area contributed by atoms with Crippen LogP contribution in [-0.2, 0) is 4.79 Å². The van der Waals surface area contributed by atoms with E-state index < -0.39 is 5.97 Å². The number of allylic oxidation sites excluding steroid dienone is 4. The van der Waals surface area contributed by atoms with Gasteiger partial charge in [0.2, 0.25) is 0 Å². The molecule has 0 amide bonds. The van der Waals surface area contributed by atoms with E-state index in [2.05, 4.69) is 5.73 Å². The van der Waals surface area contributed by atoms with E-state index in [0.717, 1.165) is 39.0 Å². The SMILES string of the molecule is CC(=C=CC1=C(C)/C(=C(\C)c2ccccc2)c2ccc(F)cc21)C(=O)O. The molecule has 0 aromatic heterocycles. The molecule has 0 saturated carbocycles. The molecule has 0 atom stereocenters. The lowest BCUT2D eigenvalue weighted by Gasteiger charge is -2.10. The van der Waals surface area contributed by atoms with E-state index in [4.69, 9.17) is 5.11 Å². The zero-order valence-corrected chi connectivity index (χ0v) is 14.9. The summed E-state index contributed by atoms with van der Waals surface area (Å²) in [5.74, 6) is -1.34. The van der Waals surface area contributed by atoms with Gasteiger partial charge in [-0.3, -0.25) is 0 Å². The highest BCUT2D eigenvalue weighted by molar-refractivity contribution is 6.10. The standard InChI is InChI=1S/C23H19FO2/c1-14(23(25)26)9-11-19-16(3)22(15(2)17-7-5-4-6-8-17)20-12-10-18(24)13-21(19)20/h4-8,10-13H,1-3H3,(H,25,26)/b22-15-. The Balaban J connectivity index is 2.28. The highest BCUT2D eigenvalue weighted by Gasteiger charge is 2.24. The fourth-order valence-electron chi connectivity index (χ4n) is 3.24. The van der Waals surface area contributed by atoms with Crippen molar-refractivity contribution in [3.63, 3.8) is 0 Å². The Morgan fingerprint density at radius 2 is 1.77 bits per heavy atom. The van der Waals surface area contributed by atoms with Crippen LogP contribution in [0.15, 0.2) is 71.5 Å². The van der Waals surface area contributed by atoms with Crippen molar-refractivity contribution in [1.82, 2.24) is 0 Å². The molecule has 0 aliphatic heterocycles. The van der Waals surface area contributed by atoms with Crippen molar-refractivity contribution in [2.75, 3.05) is 0 Å². The van der Waals surface area contributed by atoms with E-state index in [1.807, 2.05) is 44.2 Å². The predicted octanol–water partition coefficient (Wildman–Crippen LogP) is 5.73. The topological polar surface area (TPSA) is 37.3 Å². The second kappa shape index (κ2) is 6.99. The fourth-order valence-corrected chi connectivity index (χ4v) is 3.24. The minimum Gasteiger partial charge on any atom is -0.477 e. The number of aliphatic carboxylic acids is 1. The monoisotopic (exact) mass is 346 g/mol. The van der Waals surface area contributed by atoms with E-state index in [1.54, 1.807) is 12.1 Å². The number of carboxylic acids is 1. The van der Waals surface area contributed by atoms with E-state index in [1.165, 1.54) is 19.1 Å². The minimum absolute atomic E-state index is 0.112. The maximum Gasteiger partial charge on any atom is 0.339 e. The zero-order valence-electron chi connectivity index (χ0n) is 14.9. The Labute approximate surface area is 152 Å². The number of carbonyl (C=O) groups is 1. The molecule has 2 aromatic carbocycles. The summed E-state index contributed by atoms with van der Waals surface area (Å²) in [6, 6.07) is 14.8. The fraction of sp³-hybridized carbons (Fsp3) is 0.130. The van der Waals surface area contributed by atoms with Gasteiger partial charge < -0.3 is 5.11 Å². The van der Waals surface area contributed by atoms with Gasteiger partial charge in [0, 0.05) is 0 Å². The van der Waals surface area contributed by atoms with Gasteiger partial charge in [-0.05, 0) is 78.0 Å². The van der Waals surface area contributed by atoms with Gasteiger partial charge in [0.25, 0.3) is 0 Å². The number of carboxylic acid groups (broad SMARTS) is 1. The summed E-state index contributed by atoms with van der Waals surface area (Å²) in [6.45, 7) is 5.51. The highest BCUT2D eigenvalue weighted by Crippen LogP contribution is 2.45. The summed E-state index contributed by atoms with van der Waals surface area (Å²) < 4.78 is 13.9. The van der Waals surface area contributed by atoms with Crippen molar-refractivity contribution in [3.8, 4) is 0 Å². The van der Waals surface area contributed by atoms with E-state index in [0.29, 0.717) is 0 Å². The Morgan fingerprint density at radius 3 is 2.42 bits per heavy atom. The lowest BCUT2D eigenvalue weighted by molar-refractivity contribution is -0.132. The first-order valence-corrected chi connectivity index (χ1v) is 8.34. The van der Waals surface area contributed by atoms with Crippen LogP contribution in [0.3, 0.4) is 0 Å². The van der Waals surface area contributed by atoms with Gasteiger partial charge in [0.05, 0.1) is 5.57 Å². The maximum absolute atomic E-state index is 13.9. The summed E-state index contributed by atoms with van der Waals surface area (Å²) in [5, 5.41) is 9.05. The third-order valence-corrected chi connectivity index (χ3v) is 4.66. The average Bonchev–Trinajstić information content (AvgIpc) is 2.90. The number of hydrogen-bond acceptors (Lipinski definition) is 1. The van der Waals surface area contributed by atoms with Gasteiger partial charge in [-0.1, -0.05) is 36.4 Å². The van der Waals surface area contributed by atoms with Crippen LogP contribution < -0.4 is 0 Å². The first-order chi connectivity index (χ1) is 12.4. The molecule has 0 bridgehead atoms. The molecule has 3 rings (SSSR count). The lowest BCUT2D eigenvalue weighted by atomic mass is 9.94. The Morgan fingerprint density at radius 1 is 1.08 bits per heavy atom. The molecule has 0 heterocycles. The van der Waals surface area contributed by atoms with Crippen LogP contribution in [0.5, 0.6) is 0 Å². The number of benzene rings is 2. The molecule has 0 fully saturated rings. The van der Waals surface area contributed by atoms with Crippen molar-refractivity contribution in [2.45, 2.75) is 20.8 Å². The molecule has 130 valence electrons. The molecule has 1 aliphatic rings. The maximum atomic E-state index is 13.9. The third kappa shape index (κ3) is 3.17. The van der Waals surface area contributed by atoms with E-state index in [-0.39, 0.29) is 11.4 Å². The second-order valence-corrected chi connectivity index (χ2v) is 6.31. The molecular weight excluding hydrogens is 327 g/mol. The molecular formula is C23H19FO2. The number of rotatable bonds is 3. The van der Waals surface area contributed by atoms with E-state index >= 15 is 0 Å². The van der Waals surface area contributed by atoms with Crippen molar-refractivity contribution in [3.05, 3.63) is 94.0 Å². The smallest absolute Gasteiger partial charge is 0.339 e. The molecule has 26 heavy (non-hydrogen) atoms. The first-order valence-electron chi connectivity index (χ1n) is 8.34. The summed E-state index contributed by atoms with van der Waals surface area (Å²) in [7, 11) is 0. The van der Waals surface area contributed by atoms with Crippen molar-refractivity contribution >= 4 is 22.7 Å². The third-order valence-electron chi connectivity index (χ3n) is 4.66. The number of fused-ring (bicyclic) bond motifs is 1. The lowest BCUT2D eigenvalue weighted by Crippen LogP contribution is -1.93. The molecule has 0 unspecified atom stereocenters. The molecule has 3 heteroatoms. The van der Waals surface area contributed by atoms with Gasteiger partial charge in [-0.2, -0.15) is 0 Å². The summed E-state index contributed by atoms with van der Waals surface area (Å²) in [4.78, 5) is 11.0. The van der Waals surface area contributed by atoms with Crippen LogP contribution in [-0.4, -0.2) is 11.1 Å². The van der Waals surface area contributed by atoms with Gasteiger partial charge in [0.15, 0.2) is 0 Å². The van der Waals surface area contributed by atoms with Gasteiger partial charge in [0.1, 0.15) is 5.82 Å². The molecule has 1 aliphatic carbocycles. The quantitative estimate of drug-likeness (QED) is 0.569. The van der Waals surface area contributed by atoms with Crippen molar-refractivity contribution in [2.24, 2.45) is 0 Å². The van der Waals surface area contributed by atoms with Crippen molar-refractivity contribution < 1.29 is 14.3 Å². The normalized spacial score (nSPS) is 14.6. The first kappa shape index (κ1) is 17.7. The molecule has 0 radical (unpaired) electrons. The summed E-state index contributed by atoms with van der Waals surface area (Å²) >= 11 is 0. The minimum atomic E-state index is -1.02. The van der Waals surface area contributed by atoms with Crippen LogP contribution in [0.2, 0.25) is 0 Å². The number of hydrogen-bond donors (Lipinski definition) is 1. The van der Waals surface area contributed by atoms with Gasteiger partial charge in [-0.25, -0.2) is 9.18 Å². The highest BCUT2D eigenvalue weighted by atomic mass is 19.1. The Kier molecular flexibility index (Phi) is 4.75. The number of halogens is 1. The van der Waals surface area contributed by atoms with Gasteiger partial charge in [-0.15, -0.1) is 5.73 Å². The van der Waals surface area contributed by atoms with Crippen LogP contribution in [0.4, 0.5) is 4.39 Å². The van der Waals surface area contributed by atoms with E-state index in [9.17, 15) is 9.18 Å². The van der Waals surface area contributed by atoms with Crippen LogP contribution in [0.25, 0.3) is 16.7 Å². The Bertz CT molecular complexity index is 1020. The Hall–Kier alpha value is -3.16. The van der Waals surface area contributed by atoms with Crippen LogP contribution in [0.1, 0.15) is 37.5 Å². The van der Waals surface area contributed by atoms with Crippen LogP contribution >= 0.6 is 0 Å². The van der Waals surface area contributed by atoms with Crippen LogP contribution in [0, 0.1) is 5.82 Å². The molecule has 2 aromatic rings. The second-order valence-electron chi connectivity index (χ2n) is 6.31. The molecule has 0 saturated heterocycles. The largest absolute Gasteiger partial charge is 0.477 e. The van der Waals surface area contributed by atoms with Crippen molar-refractivity contribution in [1.29, 1.82) is 0 Å². The van der Waals surface area contributed by atoms with Gasteiger partial charge >= 0.3 is 5.97 Å². The molecule has 2 nitrogen and oxygen atoms in total. The predicted molar refractivity (Wildman–Crippen MR) is 103 cm³/mol. The molecule has 0 spiro atoms. The zero-order chi connectivity index (χ0) is 18.8. The summed E-state index contributed by atoms with van der Waals surface area (Å²) in [6.07, 6.45) is 1.64. The average molecular weight is 346 g/mol. The summed E-state index contributed by atoms with van der Waals surface area (Å²) in [5.41, 5.74) is 9.65.